The predicted molar refractivity (Wildman–Crippen MR) is 54.0 cm³/mol. The Hall–Kier alpha value is -0.370. The molecule has 1 heterocycles. The van der Waals surface area contributed by atoms with Crippen LogP contribution >= 0.6 is 7.60 Å². The third-order valence-electron chi connectivity index (χ3n) is 2.11. The predicted octanol–water partition coefficient (Wildman–Crippen LogP) is 1.06. The van der Waals surface area contributed by atoms with Crippen LogP contribution in [0.1, 0.15) is 25.7 Å². The molecule has 1 aliphatic rings. The van der Waals surface area contributed by atoms with E-state index in [4.69, 9.17) is 25.7 Å². The van der Waals surface area contributed by atoms with Crippen LogP contribution in [-0.2, 0) is 14.0 Å². The van der Waals surface area contributed by atoms with Gasteiger partial charge in [-0.05, 0) is 19.3 Å². The Balaban J connectivity index is 2.50. The van der Waals surface area contributed by atoms with Gasteiger partial charge in [-0.2, -0.15) is 0 Å². The second-order valence-electron chi connectivity index (χ2n) is 3.38. The lowest BCUT2D eigenvalue weighted by Gasteiger charge is -2.27. The molecule has 2 unspecified atom stereocenters. The SMILES string of the molecule is C#CCC(OC1CCCCO1)P(=O)(O)O. The van der Waals surface area contributed by atoms with Gasteiger partial charge < -0.3 is 19.3 Å². The van der Waals surface area contributed by atoms with E-state index < -0.39 is 19.7 Å². The molecule has 1 rings (SSSR count). The summed E-state index contributed by atoms with van der Waals surface area (Å²) in [7, 11) is -4.30. The fraction of sp³-hybridized carbons (Fsp3) is 0.778. The van der Waals surface area contributed by atoms with E-state index >= 15 is 0 Å². The molecule has 2 N–H and O–H groups in total. The maximum absolute atomic E-state index is 11.0. The van der Waals surface area contributed by atoms with Gasteiger partial charge in [0.25, 0.3) is 0 Å². The summed E-state index contributed by atoms with van der Waals surface area (Å²) in [6, 6.07) is 0. The van der Waals surface area contributed by atoms with Crippen molar-refractivity contribution in [3.05, 3.63) is 0 Å². The average Bonchev–Trinajstić information content (AvgIpc) is 2.17. The van der Waals surface area contributed by atoms with E-state index in [9.17, 15) is 4.57 Å². The molecule has 6 heteroatoms. The van der Waals surface area contributed by atoms with Crippen LogP contribution < -0.4 is 0 Å². The van der Waals surface area contributed by atoms with Gasteiger partial charge in [0.2, 0.25) is 0 Å². The van der Waals surface area contributed by atoms with Gasteiger partial charge in [0.15, 0.2) is 12.1 Å². The molecule has 0 amide bonds. The normalized spacial score (nSPS) is 24.5. The number of ether oxygens (including phenoxy) is 2. The first kappa shape index (κ1) is 12.7. The third-order valence-corrected chi connectivity index (χ3v) is 3.17. The number of hydrogen-bond donors (Lipinski definition) is 2. The molecule has 0 bridgehead atoms. The van der Waals surface area contributed by atoms with Gasteiger partial charge >= 0.3 is 7.60 Å². The van der Waals surface area contributed by atoms with E-state index in [2.05, 4.69) is 5.92 Å². The second-order valence-corrected chi connectivity index (χ2v) is 5.14. The first-order valence-electron chi connectivity index (χ1n) is 4.80. The largest absolute Gasteiger partial charge is 0.355 e. The fourth-order valence-corrected chi connectivity index (χ4v) is 1.98. The molecular weight excluding hydrogens is 219 g/mol. The lowest BCUT2D eigenvalue weighted by molar-refractivity contribution is -0.173. The van der Waals surface area contributed by atoms with Gasteiger partial charge in [-0.25, -0.2) is 0 Å². The Bertz CT molecular complexity index is 273. The van der Waals surface area contributed by atoms with Crippen molar-refractivity contribution in [2.45, 2.75) is 37.8 Å². The summed E-state index contributed by atoms with van der Waals surface area (Å²) in [5, 5.41) is 0. The minimum atomic E-state index is -4.30. The van der Waals surface area contributed by atoms with E-state index in [0.717, 1.165) is 12.8 Å². The molecule has 0 aromatic heterocycles. The Labute approximate surface area is 88.9 Å². The maximum atomic E-state index is 11.0. The maximum Gasteiger partial charge on any atom is 0.355 e. The Morgan fingerprint density at radius 3 is 2.80 bits per heavy atom. The van der Waals surface area contributed by atoms with Crippen molar-refractivity contribution in [2.24, 2.45) is 0 Å². The van der Waals surface area contributed by atoms with Crippen LogP contribution in [0.5, 0.6) is 0 Å². The van der Waals surface area contributed by atoms with Crippen molar-refractivity contribution in [2.75, 3.05) is 6.61 Å². The zero-order valence-electron chi connectivity index (χ0n) is 8.33. The highest BCUT2D eigenvalue weighted by molar-refractivity contribution is 7.52. The molecule has 0 aliphatic carbocycles. The van der Waals surface area contributed by atoms with Crippen LogP contribution in [0.3, 0.4) is 0 Å². The topological polar surface area (TPSA) is 76.0 Å². The summed E-state index contributed by atoms with van der Waals surface area (Å²) in [4.78, 5) is 17.9. The quantitative estimate of drug-likeness (QED) is 0.561. The molecule has 0 aromatic rings. The van der Waals surface area contributed by atoms with E-state index in [-0.39, 0.29) is 6.42 Å². The van der Waals surface area contributed by atoms with Crippen molar-refractivity contribution in [1.29, 1.82) is 0 Å². The minimum Gasteiger partial charge on any atom is -0.353 e. The van der Waals surface area contributed by atoms with Crippen LogP contribution in [0, 0.1) is 12.3 Å². The van der Waals surface area contributed by atoms with E-state index in [1.807, 2.05) is 0 Å². The molecule has 0 saturated carbocycles. The van der Waals surface area contributed by atoms with Gasteiger partial charge in [-0.15, -0.1) is 12.3 Å². The lowest BCUT2D eigenvalue weighted by Crippen LogP contribution is -2.27. The summed E-state index contributed by atoms with van der Waals surface area (Å²) in [5.74, 6) is 0.946. The summed E-state index contributed by atoms with van der Waals surface area (Å²) < 4.78 is 21.4. The van der Waals surface area contributed by atoms with Crippen LogP contribution in [0.4, 0.5) is 0 Å². The number of hydrogen-bond acceptors (Lipinski definition) is 3. The first-order valence-corrected chi connectivity index (χ1v) is 6.48. The van der Waals surface area contributed by atoms with Crippen molar-refractivity contribution < 1.29 is 23.8 Å². The Kier molecular flexibility index (Phi) is 4.78. The molecular formula is C9H15O5P. The molecule has 0 aromatic carbocycles. The Morgan fingerprint density at radius 1 is 1.60 bits per heavy atom. The van der Waals surface area contributed by atoms with Crippen molar-refractivity contribution >= 4 is 7.60 Å². The van der Waals surface area contributed by atoms with Gasteiger partial charge in [-0.1, -0.05) is 0 Å². The Morgan fingerprint density at radius 2 is 2.33 bits per heavy atom. The highest BCUT2D eigenvalue weighted by Gasteiger charge is 2.32. The fourth-order valence-electron chi connectivity index (χ4n) is 1.34. The van der Waals surface area contributed by atoms with Crippen LogP contribution in [0.2, 0.25) is 0 Å². The van der Waals surface area contributed by atoms with E-state index in [1.54, 1.807) is 0 Å². The summed E-state index contributed by atoms with van der Waals surface area (Å²) in [6.07, 6.45) is 6.92. The van der Waals surface area contributed by atoms with Gasteiger partial charge in [0.05, 0.1) is 0 Å². The smallest absolute Gasteiger partial charge is 0.353 e. The standard InChI is InChI=1S/C9H15O5P/c1-2-5-9(15(10,11)12)14-8-6-3-4-7-13-8/h1,8-9H,3-7H2,(H2,10,11,12). The molecule has 5 nitrogen and oxygen atoms in total. The van der Waals surface area contributed by atoms with Gasteiger partial charge in [0, 0.05) is 13.0 Å². The van der Waals surface area contributed by atoms with Crippen molar-refractivity contribution in [3.63, 3.8) is 0 Å². The number of terminal acetylenes is 1. The van der Waals surface area contributed by atoms with E-state index in [1.165, 1.54) is 0 Å². The number of rotatable bonds is 4. The molecule has 1 aliphatic heterocycles. The van der Waals surface area contributed by atoms with Crippen LogP contribution in [-0.4, -0.2) is 28.5 Å². The molecule has 1 fully saturated rings. The zero-order valence-corrected chi connectivity index (χ0v) is 9.23. The first-order chi connectivity index (χ1) is 7.04. The second kappa shape index (κ2) is 5.64. The summed E-state index contributed by atoms with van der Waals surface area (Å²) in [6.45, 7) is 0.564. The summed E-state index contributed by atoms with van der Waals surface area (Å²) in [5.41, 5.74) is 0. The zero-order chi connectivity index (χ0) is 11.3. The van der Waals surface area contributed by atoms with Gasteiger partial charge in [0.1, 0.15) is 0 Å². The average molecular weight is 234 g/mol. The minimum absolute atomic E-state index is 0.107. The molecule has 86 valence electrons. The monoisotopic (exact) mass is 234 g/mol. The van der Waals surface area contributed by atoms with Crippen molar-refractivity contribution in [1.82, 2.24) is 0 Å². The molecule has 0 radical (unpaired) electrons. The summed E-state index contributed by atoms with van der Waals surface area (Å²) >= 11 is 0. The molecule has 0 spiro atoms. The van der Waals surface area contributed by atoms with Crippen molar-refractivity contribution in [3.8, 4) is 12.3 Å². The highest BCUT2D eigenvalue weighted by Crippen LogP contribution is 2.44. The van der Waals surface area contributed by atoms with Gasteiger partial charge in [-0.3, -0.25) is 4.57 Å². The van der Waals surface area contributed by atoms with E-state index in [0.29, 0.717) is 13.0 Å². The highest BCUT2D eigenvalue weighted by atomic mass is 31.2. The van der Waals surface area contributed by atoms with Crippen LogP contribution in [0.15, 0.2) is 0 Å². The molecule has 15 heavy (non-hydrogen) atoms. The molecule has 1 saturated heterocycles. The molecule has 2 atom stereocenters. The lowest BCUT2D eigenvalue weighted by atomic mass is 10.2. The third kappa shape index (κ3) is 4.33. The van der Waals surface area contributed by atoms with Crippen LogP contribution in [0.25, 0.3) is 0 Å².